The number of amides is 1. The number of esters is 1. The Bertz CT molecular complexity index is 1620. The number of alkyl halides is 1. The summed E-state index contributed by atoms with van der Waals surface area (Å²) in [4.78, 5) is 30.4. The maximum absolute atomic E-state index is 14.2. The van der Waals surface area contributed by atoms with Crippen LogP contribution < -0.4 is 0 Å². The van der Waals surface area contributed by atoms with E-state index in [-0.39, 0.29) is 19.6 Å². The number of carboxylic acid groups (broad SMARTS) is 1. The summed E-state index contributed by atoms with van der Waals surface area (Å²) in [7, 11) is 0. The number of halogens is 1. The summed E-state index contributed by atoms with van der Waals surface area (Å²) in [6.45, 7) is 7.39. The molecule has 9 nitrogen and oxygen atoms in total. The van der Waals surface area contributed by atoms with Gasteiger partial charge >= 0.3 is 12.1 Å². The van der Waals surface area contributed by atoms with Crippen molar-refractivity contribution in [3.63, 3.8) is 0 Å². The van der Waals surface area contributed by atoms with E-state index in [0.29, 0.717) is 30.4 Å². The second kappa shape index (κ2) is 10.6. The van der Waals surface area contributed by atoms with Crippen LogP contribution >= 0.6 is 0 Å². The van der Waals surface area contributed by atoms with E-state index in [2.05, 4.69) is 35.3 Å². The lowest BCUT2D eigenvalue weighted by molar-refractivity contribution is -0.146. The molecule has 0 saturated carbocycles. The fourth-order valence-corrected chi connectivity index (χ4v) is 6.34. The van der Waals surface area contributed by atoms with Crippen LogP contribution in [0.3, 0.4) is 0 Å². The zero-order valence-corrected chi connectivity index (χ0v) is 23.5. The number of piperidine rings is 1. The number of rotatable bonds is 6. The van der Waals surface area contributed by atoms with Crippen molar-refractivity contribution in [1.29, 1.82) is 0 Å². The van der Waals surface area contributed by atoms with Crippen LogP contribution in [0.15, 0.2) is 42.9 Å². The Morgan fingerprint density at radius 3 is 2.59 bits per heavy atom. The summed E-state index contributed by atoms with van der Waals surface area (Å²) in [5, 5.41) is 15.1. The highest BCUT2D eigenvalue weighted by molar-refractivity contribution is 5.91. The summed E-state index contributed by atoms with van der Waals surface area (Å²) in [5.74, 6) is -0.123. The number of carbonyl (C=O) groups excluding carboxylic acids is 1. The van der Waals surface area contributed by atoms with E-state index in [1.807, 2.05) is 20.0 Å². The van der Waals surface area contributed by atoms with Gasteiger partial charge in [0.25, 0.3) is 0 Å². The lowest BCUT2D eigenvalue weighted by atomic mass is 9.88. The predicted octanol–water partition coefficient (Wildman–Crippen LogP) is 5.42. The number of hydrogen-bond acceptors (Lipinski definition) is 5. The first kappa shape index (κ1) is 27.0. The number of aryl methyl sites for hydroxylation is 2. The normalized spacial score (nSPS) is 18.0. The van der Waals surface area contributed by atoms with Crippen LogP contribution in [0.1, 0.15) is 59.8 Å². The molecular formula is C31H34FN5O4. The van der Waals surface area contributed by atoms with Gasteiger partial charge in [-0.15, -0.1) is 0 Å². The molecule has 214 valence electrons. The molecule has 0 aliphatic carbocycles. The predicted molar refractivity (Wildman–Crippen MR) is 152 cm³/mol. The lowest BCUT2D eigenvalue weighted by Gasteiger charge is -2.30. The van der Waals surface area contributed by atoms with Gasteiger partial charge in [0.15, 0.2) is 6.04 Å². The Morgan fingerprint density at radius 2 is 1.90 bits per heavy atom. The van der Waals surface area contributed by atoms with Crippen molar-refractivity contribution >= 4 is 23.0 Å². The van der Waals surface area contributed by atoms with Gasteiger partial charge in [0.1, 0.15) is 6.17 Å². The van der Waals surface area contributed by atoms with E-state index in [4.69, 9.17) is 9.84 Å². The first-order valence-electron chi connectivity index (χ1n) is 14.2. The minimum absolute atomic E-state index is 0.211. The molecule has 4 heterocycles. The molecule has 1 fully saturated rings. The molecule has 1 N–H and O–H groups in total. The van der Waals surface area contributed by atoms with Crippen LogP contribution in [0, 0.1) is 13.8 Å². The van der Waals surface area contributed by atoms with Crippen LogP contribution in [0.4, 0.5) is 9.18 Å². The lowest BCUT2D eigenvalue weighted by Crippen LogP contribution is -2.36. The van der Waals surface area contributed by atoms with Gasteiger partial charge in [-0.25, -0.2) is 19.0 Å². The number of likely N-dealkylation sites (tertiary alicyclic amines) is 1. The van der Waals surface area contributed by atoms with Crippen LogP contribution in [0.5, 0.6) is 0 Å². The smallest absolute Gasteiger partial charge is 0.407 e. The van der Waals surface area contributed by atoms with Gasteiger partial charge in [-0.1, -0.05) is 30.3 Å². The molecule has 2 aliphatic rings. The maximum Gasteiger partial charge on any atom is 0.407 e. The minimum atomic E-state index is -0.998. The highest BCUT2D eigenvalue weighted by Gasteiger charge is 2.35. The third-order valence-electron chi connectivity index (χ3n) is 8.56. The van der Waals surface area contributed by atoms with E-state index in [0.717, 1.165) is 46.0 Å². The highest BCUT2D eigenvalue weighted by Crippen LogP contribution is 2.36. The number of hydrogen-bond donors (Lipinski definition) is 1. The molecule has 0 radical (unpaired) electrons. The number of fused-ring (bicyclic) bond motifs is 2. The van der Waals surface area contributed by atoms with Crippen molar-refractivity contribution in [3.05, 3.63) is 70.9 Å². The molecule has 2 aromatic carbocycles. The highest BCUT2D eigenvalue weighted by atomic mass is 19.1. The number of carbonyl (C=O) groups is 2. The molecule has 4 aromatic rings. The second-order valence-corrected chi connectivity index (χ2v) is 11.1. The van der Waals surface area contributed by atoms with Gasteiger partial charge in [0, 0.05) is 36.8 Å². The van der Waals surface area contributed by atoms with Gasteiger partial charge in [-0.05, 0) is 67.3 Å². The molecule has 0 bridgehead atoms. The Morgan fingerprint density at radius 1 is 1.17 bits per heavy atom. The molecular weight excluding hydrogens is 525 g/mol. The SMILES string of the molecule is CCOC(=O)C(c1ncn2c1CC(F)C2)n1cc2c(C)cc(-c3ccc(C4CCN(C(=O)O)CC4)cc3)c(C)c2n1. The monoisotopic (exact) mass is 559 g/mol. The Balaban J connectivity index is 1.33. The van der Waals surface area contributed by atoms with Crippen molar-refractivity contribution in [2.75, 3.05) is 19.7 Å². The summed E-state index contributed by atoms with van der Waals surface area (Å²) in [5.41, 5.74) is 7.35. The van der Waals surface area contributed by atoms with Crippen LogP contribution in [-0.2, 0) is 22.5 Å². The molecule has 1 amide bonds. The van der Waals surface area contributed by atoms with Crippen molar-refractivity contribution in [2.24, 2.45) is 0 Å². The average molecular weight is 560 g/mol. The molecule has 2 unspecified atom stereocenters. The zero-order chi connectivity index (χ0) is 28.8. The van der Waals surface area contributed by atoms with E-state index < -0.39 is 24.3 Å². The van der Waals surface area contributed by atoms with E-state index in [1.54, 1.807) is 22.5 Å². The largest absolute Gasteiger partial charge is 0.465 e. The number of ether oxygens (including phenoxy) is 1. The maximum atomic E-state index is 14.2. The molecule has 2 aliphatic heterocycles. The number of nitrogens with zero attached hydrogens (tertiary/aromatic N) is 5. The molecule has 2 atom stereocenters. The fourth-order valence-electron chi connectivity index (χ4n) is 6.34. The van der Waals surface area contributed by atoms with Gasteiger partial charge in [0.2, 0.25) is 0 Å². The zero-order valence-electron chi connectivity index (χ0n) is 23.5. The summed E-state index contributed by atoms with van der Waals surface area (Å²) >= 11 is 0. The van der Waals surface area contributed by atoms with Crippen molar-refractivity contribution < 1.29 is 23.8 Å². The molecule has 6 rings (SSSR count). The van der Waals surface area contributed by atoms with Crippen molar-refractivity contribution in [3.8, 4) is 11.1 Å². The molecule has 41 heavy (non-hydrogen) atoms. The van der Waals surface area contributed by atoms with E-state index in [9.17, 15) is 19.1 Å². The van der Waals surface area contributed by atoms with E-state index in [1.165, 1.54) is 10.5 Å². The number of benzene rings is 2. The number of imidazole rings is 1. The first-order chi connectivity index (χ1) is 19.7. The summed E-state index contributed by atoms with van der Waals surface area (Å²) in [6.07, 6.45) is 3.46. The molecule has 0 spiro atoms. The summed E-state index contributed by atoms with van der Waals surface area (Å²) in [6, 6.07) is 9.76. The standard InChI is InChI=1S/C31H34FN5O4/c1-4-41-30(38)29(28-26-14-23(32)15-36(26)17-33-28)37-16-25-18(2)13-24(19(3)27(25)34-37)22-7-5-20(6-8-22)21-9-11-35(12-10-21)31(39)40/h5-8,13,16-17,21,23,29H,4,9-12,14-15H2,1-3H3,(H,39,40). The van der Waals surface area contributed by atoms with Crippen molar-refractivity contribution in [1.82, 2.24) is 24.2 Å². The van der Waals surface area contributed by atoms with Gasteiger partial charge in [-0.2, -0.15) is 5.10 Å². The van der Waals surface area contributed by atoms with Crippen LogP contribution in [0.25, 0.3) is 22.0 Å². The fraction of sp³-hybridized carbons (Fsp3) is 0.419. The van der Waals surface area contributed by atoms with E-state index >= 15 is 0 Å². The van der Waals surface area contributed by atoms with Crippen LogP contribution in [0.2, 0.25) is 0 Å². The Hall–Kier alpha value is -4.21. The topological polar surface area (TPSA) is 102 Å². The second-order valence-electron chi connectivity index (χ2n) is 11.1. The molecule has 2 aromatic heterocycles. The first-order valence-corrected chi connectivity index (χ1v) is 14.2. The third kappa shape index (κ3) is 4.85. The Labute approximate surface area is 237 Å². The van der Waals surface area contributed by atoms with Gasteiger partial charge < -0.3 is 19.3 Å². The number of aromatic nitrogens is 4. The van der Waals surface area contributed by atoms with Gasteiger partial charge in [-0.3, -0.25) is 4.68 Å². The molecule has 1 saturated heterocycles. The third-order valence-corrected chi connectivity index (χ3v) is 8.56. The van der Waals surface area contributed by atoms with Crippen LogP contribution in [-0.4, -0.2) is 67.3 Å². The molecule has 10 heteroatoms. The average Bonchev–Trinajstić information content (AvgIpc) is 3.67. The summed E-state index contributed by atoms with van der Waals surface area (Å²) < 4.78 is 23.0. The Kier molecular flexibility index (Phi) is 7.01. The quantitative estimate of drug-likeness (QED) is 0.317. The van der Waals surface area contributed by atoms with Gasteiger partial charge in [0.05, 0.1) is 30.7 Å². The van der Waals surface area contributed by atoms with Crippen molar-refractivity contribution in [2.45, 2.75) is 64.7 Å². The minimum Gasteiger partial charge on any atom is -0.465 e.